The van der Waals surface area contributed by atoms with Crippen LogP contribution in [0, 0.1) is 23.7 Å². The summed E-state index contributed by atoms with van der Waals surface area (Å²) in [5.41, 5.74) is 0. The third-order valence-electron chi connectivity index (χ3n) is 1.06. The Morgan fingerprint density at radius 3 is 2.00 bits per heavy atom. The molecular weight excluding hydrogens is 108 g/mol. The predicted molar refractivity (Wildman–Crippen MR) is 38.5 cm³/mol. The molecule has 1 rings (SSSR count). The van der Waals surface area contributed by atoms with Crippen molar-refractivity contribution in [2.24, 2.45) is 0 Å². The molecule has 0 fully saturated rings. The Kier molecular flexibility index (Phi) is 2.54. The molecule has 0 N–H and O–H groups in total. The zero-order valence-corrected chi connectivity index (χ0v) is 5.28. The number of hydrogen-bond acceptors (Lipinski definition) is 0. The Morgan fingerprint density at radius 1 is 0.889 bits per heavy atom. The minimum atomic E-state index is 0.985. The molecule has 0 heterocycles. The van der Waals surface area contributed by atoms with Gasteiger partial charge in [-0.3, -0.25) is 0 Å². The third-order valence-corrected chi connectivity index (χ3v) is 1.06. The Balaban J connectivity index is 2.58. The van der Waals surface area contributed by atoms with Crippen molar-refractivity contribution in [1.29, 1.82) is 0 Å². The monoisotopic (exact) mass is 116 g/mol. The summed E-state index contributed by atoms with van der Waals surface area (Å²) < 4.78 is 0. The van der Waals surface area contributed by atoms with E-state index in [0.717, 1.165) is 19.3 Å². The summed E-state index contributed by atoms with van der Waals surface area (Å²) in [6.07, 6.45) is 6.69. The van der Waals surface area contributed by atoms with Gasteiger partial charge in [0.25, 0.3) is 0 Å². The smallest absolute Gasteiger partial charge is 0.0101 e. The van der Waals surface area contributed by atoms with E-state index in [4.69, 9.17) is 0 Å². The highest BCUT2D eigenvalue weighted by Gasteiger charge is 1.78. The molecule has 0 saturated carbocycles. The second-order valence-corrected chi connectivity index (χ2v) is 1.83. The van der Waals surface area contributed by atoms with Gasteiger partial charge >= 0.3 is 0 Å². The fraction of sp³-hybridized carbons (Fsp3) is 0.333. The van der Waals surface area contributed by atoms with Gasteiger partial charge < -0.3 is 0 Å². The van der Waals surface area contributed by atoms with Gasteiger partial charge in [-0.1, -0.05) is 23.7 Å². The van der Waals surface area contributed by atoms with E-state index in [1.807, 2.05) is 0 Å². The molecule has 0 bridgehead atoms. The van der Waals surface area contributed by atoms with E-state index < -0.39 is 0 Å². The zero-order chi connectivity index (χ0) is 6.36. The van der Waals surface area contributed by atoms with Crippen LogP contribution in [-0.2, 0) is 0 Å². The summed E-state index contributed by atoms with van der Waals surface area (Å²) in [6.45, 7) is 0. The van der Waals surface area contributed by atoms with E-state index in [1.54, 1.807) is 12.2 Å². The molecule has 0 aliphatic heterocycles. The number of allylic oxidation sites excluding steroid dienone is 2. The summed E-state index contributed by atoms with van der Waals surface area (Å²) in [7, 11) is 0. The maximum atomic E-state index is 3.01. The first-order valence-corrected chi connectivity index (χ1v) is 3.12. The first kappa shape index (κ1) is 5.99. The third kappa shape index (κ3) is 2.62. The molecular formula is C9H8. The molecule has 0 unspecified atom stereocenters. The van der Waals surface area contributed by atoms with Crippen LogP contribution in [0.15, 0.2) is 12.2 Å². The lowest BCUT2D eigenvalue weighted by Gasteiger charge is -1.80. The molecule has 0 saturated heterocycles. The molecule has 0 nitrogen and oxygen atoms in total. The van der Waals surface area contributed by atoms with E-state index in [-0.39, 0.29) is 0 Å². The van der Waals surface area contributed by atoms with Crippen molar-refractivity contribution >= 4 is 0 Å². The average Bonchev–Trinajstić information content (AvgIpc) is 2.00. The Hall–Kier alpha value is -1.14. The van der Waals surface area contributed by atoms with Gasteiger partial charge in [0.05, 0.1) is 0 Å². The second kappa shape index (κ2) is 3.81. The van der Waals surface area contributed by atoms with Crippen LogP contribution in [-0.4, -0.2) is 0 Å². The lowest BCUT2D eigenvalue weighted by molar-refractivity contribution is 0.904. The molecule has 0 aromatic rings. The van der Waals surface area contributed by atoms with Crippen LogP contribution in [0.1, 0.15) is 19.3 Å². The van der Waals surface area contributed by atoms with Crippen molar-refractivity contribution in [3.05, 3.63) is 12.2 Å². The lowest BCUT2D eigenvalue weighted by Crippen LogP contribution is -1.67. The number of rotatable bonds is 0. The molecule has 0 atom stereocenters. The van der Waals surface area contributed by atoms with Gasteiger partial charge in [0.2, 0.25) is 0 Å². The van der Waals surface area contributed by atoms with Crippen LogP contribution in [0.4, 0.5) is 0 Å². The molecule has 0 aromatic heterocycles. The lowest BCUT2D eigenvalue weighted by atomic mass is 10.2. The SMILES string of the molecule is C1#CCCCC#CC=C1. The Morgan fingerprint density at radius 2 is 1.44 bits per heavy atom. The molecule has 1 aliphatic carbocycles. The summed E-state index contributed by atoms with van der Waals surface area (Å²) >= 11 is 0. The van der Waals surface area contributed by atoms with Crippen LogP contribution in [0.5, 0.6) is 0 Å². The van der Waals surface area contributed by atoms with Gasteiger partial charge in [-0.25, -0.2) is 0 Å². The zero-order valence-electron chi connectivity index (χ0n) is 5.28. The Bertz CT molecular complexity index is 188. The van der Waals surface area contributed by atoms with Gasteiger partial charge in [0.1, 0.15) is 0 Å². The minimum absolute atomic E-state index is 0.985. The van der Waals surface area contributed by atoms with E-state index in [0.29, 0.717) is 0 Å². The largest absolute Gasteiger partial charge is 0.0985 e. The highest BCUT2D eigenvalue weighted by atomic mass is 13.8. The van der Waals surface area contributed by atoms with Gasteiger partial charge in [-0.05, 0) is 18.6 Å². The fourth-order valence-corrected chi connectivity index (χ4v) is 0.611. The molecule has 9 heavy (non-hydrogen) atoms. The highest BCUT2D eigenvalue weighted by Crippen LogP contribution is 1.92. The molecule has 44 valence electrons. The molecule has 0 radical (unpaired) electrons. The van der Waals surface area contributed by atoms with Crippen molar-refractivity contribution in [3.8, 4) is 23.7 Å². The van der Waals surface area contributed by atoms with Crippen molar-refractivity contribution < 1.29 is 0 Å². The Labute approximate surface area is 56.0 Å². The fourth-order valence-electron chi connectivity index (χ4n) is 0.611. The second-order valence-electron chi connectivity index (χ2n) is 1.83. The molecule has 0 aromatic carbocycles. The van der Waals surface area contributed by atoms with Gasteiger partial charge in [0.15, 0.2) is 0 Å². The molecule has 0 spiro atoms. The van der Waals surface area contributed by atoms with Crippen LogP contribution in [0.25, 0.3) is 0 Å². The average molecular weight is 116 g/mol. The first-order valence-electron chi connectivity index (χ1n) is 3.12. The number of hydrogen-bond donors (Lipinski definition) is 0. The molecule has 0 heteroatoms. The van der Waals surface area contributed by atoms with Gasteiger partial charge in [0, 0.05) is 12.8 Å². The van der Waals surface area contributed by atoms with Crippen molar-refractivity contribution in [3.63, 3.8) is 0 Å². The summed E-state index contributed by atoms with van der Waals surface area (Å²) in [6, 6.07) is 0. The standard InChI is InChI=1S/C9H8/c1-2-4-6-8-9-7-5-3-1/h1-2H,7-9H2. The van der Waals surface area contributed by atoms with E-state index in [2.05, 4.69) is 23.7 Å². The van der Waals surface area contributed by atoms with E-state index in [1.165, 1.54) is 0 Å². The van der Waals surface area contributed by atoms with Crippen LogP contribution < -0.4 is 0 Å². The first-order chi connectivity index (χ1) is 4.50. The highest BCUT2D eigenvalue weighted by molar-refractivity contribution is 5.25. The summed E-state index contributed by atoms with van der Waals surface area (Å²) in [5.74, 6) is 11.8. The summed E-state index contributed by atoms with van der Waals surface area (Å²) in [4.78, 5) is 0. The normalized spacial score (nSPS) is 15.1. The van der Waals surface area contributed by atoms with E-state index in [9.17, 15) is 0 Å². The van der Waals surface area contributed by atoms with Crippen LogP contribution in [0.3, 0.4) is 0 Å². The van der Waals surface area contributed by atoms with Crippen molar-refractivity contribution in [2.45, 2.75) is 19.3 Å². The van der Waals surface area contributed by atoms with E-state index >= 15 is 0 Å². The summed E-state index contributed by atoms with van der Waals surface area (Å²) in [5, 5.41) is 0. The molecule has 0 amide bonds. The van der Waals surface area contributed by atoms with Gasteiger partial charge in [-0.15, -0.1) is 0 Å². The van der Waals surface area contributed by atoms with Crippen LogP contribution in [0.2, 0.25) is 0 Å². The minimum Gasteiger partial charge on any atom is -0.0985 e. The van der Waals surface area contributed by atoms with Crippen molar-refractivity contribution in [2.75, 3.05) is 0 Å². The maximum Gasteiger partial charge on any atom is 0.0101 e. The van der Waals surface area contributed by atoms with Gasteiger partial charge in [-0.2, -0.15) is 0 Å². The maximum absolute atomic E-state index is 3.01. The molecule has 1 aliphatic rings. The predicted octanol–water partition coefficient (Wildman–Crippen LogP) is 1.73. The quantitative estimate of drug-likeness (QED) is 0.423. The van der Waals surface area contributed by atoms with Crippen LogP contribution >= 0.6 is 0 Å². The van der Waals surface area contributed by atoms with Crippen molar-refractivity contribution in [1.82, 2.24) is 0 Å². The topological polar surface area (TPSA) is 0 Å².